The van der Waals surface area contributed by atoms with Crippen molar-refractivity contribution >= 4 is 5.91 Å². The molecule has 1 aliphatic heterocycles. The molecule has 3 nitrogen and oxygen atoms in total. The first kappa shape index (κ1) is 6.55. The Kier molecular flexibility index (Phi) is 1.71. The molecule has 0 aliphatic carbocycles. The van der Waals surface area contributed by atoms with Crippen LogP contribution in [0.5, 0.6) is 0 Å². The van der Waals surface area contributed by atoms with E-state index in [4.69, 9.17) is 0 Å². The number of hydrogen-bond acceptors (Lipinski definition) is 2. The molecule has 1 rings (SSSR count). The summed E-state index contributed by atoms with van der Waals surface area (Å²) < 4.78 is 0. The quantitative estimate of drug-likeness (QED) is 0.474. The Balaban J connectivity index is 2.51. The van der Waals surface area contributed by atoms with Crippen LogP contribution in [0.4, 0.5) is 0 Å². The lowest BCUT2D eigenvalue weighted by Crippen LogP contribution is -2.51. The maximum absolute atomic E-state index is 10.9. The molecule has 1 fully saturated rings. The molecule has 0 saturated carbocycles. The molecule has 9 heavy (non-hydrogen) atoms. The molecule has 52 valence electrons. The summed E-state index contributed by atoms with van der Waals surface area (Å²) in [5.41, 5.74) is 0. The van der Waals surface area contributed by atoms with E-state index in [0.29, 0.717) is 0 Å². The minimum Gasteiger partial charge on any atom is -0.353 e. The lowest BCUT2D eigenvalue weighted by atomic mass is 10.2. The van der Waals surface area contributed by atoms with Crippen molar-refractivity contribution < 1.29 is 4.79 Å². The number of rotatable bonds is 0. The van der Waals surface area contributed by atoms with Crippen molar-refractivity contribution in [1.82, 2.24) is 10.2 Å². The van der Waals surface area contributed by atoms with Gasteiger partial charge < -0.3 is 5.32 Å². The second-order valence-electron chi connectivity index (χ2n) is 2.45. The third-order valence-electron chi connectivity index (χ3n) is 1.80. The molecule has 1 atom stereocenters. The van der Waals surface area contributed by atoms with Gasteiger partial charge in [-0.2, -0.15) is 0 Å². The molecular formula is C6H12N2O. The van der Waals surface area contributed by atoms with Crippen LogP contribution in [0.15, 0.2) is 0 Å². The topological polar surface area (TPSA) is 32.3 Å². The molecular weight excluding hydrogens is 116 g/mol. The Morgan fingerprint density at radius 3 is 2.89 bits per heavy atom. The van der Waals surface area contributed by atoms with Crippen molar-refractivity contribution in [3.8, 4) is 0 Å². The lowest BCUT2D eigenvalue weighted by molar-refractivity contribution is -0.127. The van der Waals surface area contributed by atoms with Crippen molar-refractivity contribution in [2.24, 2.45) is 0 Å². The van der Waals surface area contributed by atoms with Crippen LogP contribution >= 0.6 is 0 Å². The standard InChI is InChI=1S/C6H12N2O/c1-5-6(9)7-3-4-8(5)2/h5H,3-4H2,1-2H3,(H,7,9)/t5-/m0/s1. The molecule has 1 saturated heterocycles. The fourth-order valence-corrected chi connectivity index (χ4v) is 0.897. The summed E-state index contributed by atoms with van der Waals surface area (Å²) in [7, 11) is 1.96. The van der Waals surface area contributed by atoms with Crippen molar-refractivity contribution in [2.75, 3.05) is 20.1 Å². The van der Waals surface area contributed by atoms with Gasteiger partial charge in [-0.05, 0) is 14.0 Å². The number of nitrogens with one attached hydrogen (secondary N) is 1. The smallest absolute Gasteiger partial charge is 0.237 e. The van der Waals surface area contributed by atoms with Gasteiger partial charge in [-0.15, -0.1) is 0 Å². The number of carbonyl (C=O) groups is 1. The first-order valence-electron chi connectivity index (χ1n) is 3.20. The summed E-state index contributed by atoms with van der Waals surface area (Å²) in [6, 6.07) is 0.0544. The molecule has 3 heteroatoms. The molecule has 1 amide bonds. The summed E-state index contributed by atoms with van der Waals surface area (Å²) in [5.74, 6) is 0.142. The average Bonchev–Trinajstić information content (AvgIpc) is 1.83. The van der Waals surface area contributed by atoms with Crippen molar-refractivity contribution in [1.29, 1.82) is 0 Å². The van der Waals surface area contributed by atoms with Gasteiger partial charge in [0.05, 0.1) is 6.04 Å². The molecule has 1 aliphatic rings. The molecule has 0 spiro atoms. The highest BCUT2D eigenvalue weighted by molar-refractivity contribution is 5.81. The number of likely N-dealkylation sites (N-methyl/N-ethyl adjacent to an activating group) is 1. The summed E-state index contributed by atoms with van der Waals surface area (Å²) in [6.45, 7) is 3.67. The zero-order valence-electron chi connectivity index (χ0n) is 5.85. The average molecular weight is 128 g/mol. The van der Waals surface area contributed by atoms with E-state index in [1.54, 1.807) is 0 Å². The minimum atomic E-state index is 0.0544. The van der Waals surface area contributed by atoms with Crippen LogP contribution in [-0.4, -0.2) is 37.0 Å². The van der Waals surface area contributed by atoms with Crippen LogP contribution in [0.1, 0.15) is 6.92 Å². The van der Waals surface area contributed by atoms with E-state index >= 15 is 0 Å². The maximum Gasteiger partial charge on any atom is 0.237 e. The highest BCUT2D eigenvalue weighted by Crippen LogP contribution is 1.98. The number of amides is 1. The van der Waals surface area contributed by atoms with Gasteiger partial charge in [-0.1, -0.05) is 0 Å². The van der Waals surface area contributed by atoms with Crippen molar-refractivity contribution in [3.63, 3.8) is 0 Å². The van der Waals surface area contributed by atoms with Crippen LogP contribution < -0.4 is 5.32 Å². The van der Waals surface area contributed by atoms with Gasteiger partial charge in [-0.3, -0.25) is 9.69 Å². The molecule has 1 N–H and O–H groups in total. The van der Waals surface area contributed by atoms with Crippen LogP contribution in [0, 0.1) is 0 Å². The van der Waals surface area contributed by atoms with E-state index in [9.17, 15) is 4.79 Å². The Morgan fingerprint density at radius 2 is 2.44 bits per heavy atom. The Bertz CT molecular complexity index is 124. The Morgan fingerprint density at radius 1 is 1.78 bits per heavy atom. The summed E-state index contributed by atoms with van der Waals surface area (Å²) in [6.07, 6.45) is 0. The third-order valence-corrected chi connectivity index (χ3v) is 1.80. The lowest BCUT2D eigenvalue weighted by Gasteiger charge is -2.28. The summed E-state index contributed by atoms with van der Waals surface area (Å²) in [4.78, 5) is 12.9. The molecule has 0 bridgehead atoms. The maximum atomic E-state index is 10.9. The van der Waals surface area contributed by atoms with E-state index in [1.165, 1.54) is 0 Å². The SMILES string of the molecule is C[C@H]1C(=O)NCCN1C. The van der Waals surface area contributed by atoms with Gasteiger partial charge in [0.15, 0.2) is 0 Å². The van der Waals surface area contributed by atoms with E-state index in [0.717, 1.165) is 13.1 Å². The van der Waals surface area contributed by atoms with Gasteiger partial charge in [0, 0.05) is 13.1 Å². The summed E-state index contributed by atoms with van der Waals surface area (Å²) >= 11 is 0. The molecule has 0 aromatic carbocycles. The fraction of sp³-hybridized carbons (Fsp3) is 0.833. The first-order chi connectivity index (χ1) is 4.22. The van der Waals surface area contributed by atoms with Crippen molar-refractivity contribution in [3.05, 3.63) is 0 Å². The van der Waals surface area contributed by atoms with Crippen molar-refractivity contribution in [2.45, 2.75) is 13.0 Å². The number of carbonyl (C=O) groups excluding carboxylic acids is 1. The van der Waals surface area contributed by atoms with Gasteiger partial charge in [0.25, 0.3) is 0 Å². The highest BCUT2D eigenvalue weighted by atomic mass is 16.2. The monoisotopic (exact) mass is 128 g/mol. The van der Waals surface area contributed by atoms with Gasteiger partial charge in [0.2, 0.25) is 5.91 Å². The van der Waals surface area contributed by atoms with E-state index in [-0.39, 0.29) is 11.9 Å². The van der Waals surface area contributed by atoms with Crippen LogP contribution in [0.2, 0.25) is 0 Å². The number of piperazine rings is 1. The van der Waals surface area contributed by atoms with Gasteiger partial charge in [0.1, 0.15) is 0 Å². The normalized spacial score (nSPS) is 30.0. The Hall–Kier alpha value is -0.570. The van der Waals surface area contributed by atoms with Crippen LogP contribution in [0.25, 0.3) is 0 Å². The molecule has 0 unspecified atom stereocenters. The zero-order valence-corrected chi connectivity index (χ0v) is 5.85. The van der Waals surface area contributed by atoms with E-state index in [2.05, 4.69) is 5.32 Å². The predicted octanol–water partition coefficient (Wildman–Crippen LogP) is -0.563. The Labute approximate surface area is 55.0 Å². The second-order valence-corrected chi connectivity index (χ2v) is 2.45. The van der Waals surface area contributed by atoms with Gasteiger partial charge >= 0.3 is 0 Å². The molecule has 0 radical (unpaired) electrons. The van der Waals surface area contributed by atoms with Gasteiger partial charge in [-0.25, -0.2) is 0 Å². The second kappa shape index (κ2) is 2.35. The number of nitrogens with zero attached hydrogens (tertiary/aromatic N) is 1. The minimum absolute atomic E-state index is 0.0544. The predicted molar refractivity (Wildman–Crippen MR) is 35.1 cm³/mol. The van der Waals surface area contributed by atoms with Crippen LogP contribution in [0.3, 0.4) is 0 Å². The molecule has 1 heterocycles. The summed E-state index contributed by atoms with van der Waals surface area (Å²) in [5, 5.41) is 2.78. The first-order valence-corrected chi connectivity index (χ1v) is 3.20. The molecule has 0 aromatic heterocycles. The molecule has 0 aromatic rings. The van der Waals surface area contributed by atoms with Crippen LogP contribution in [-0.2, 0) is 4.79 Å². The largest absolute Gasteiger partial charge is 0.353 e. The van der Waals surface area contributed by atoms with E-state index in [1.807, 2.05) is 18.9 Å². The third kappa shape index (κ3) is 1.21. The van der Waals surface area contributed by atoms with E-state index < -0.39 is 0 Å². The zero-order chi connectivity index (χ0) is 6.85. The fourth-order valence-electron chi connectivity index (χ4n) is 0.897. The number of hydrogen-bond donors (Lipinski definition) is 1. The highest BCUT2D eigenvalue weighted by Gasteiger charge is 2.20.